The van der Waals surface area contributed by atoms with E-state index in [-0.39, 0.29) is 0 Å². The molecule has 0 aliphatic heterocycles. The van der Waals surface area contributed by atoms with E-state index >= 15 is 0 Å². The average Bonchev–Trinajstić information content (AvgIpc) is 2.78. The van der Waals surface area contributed by atoms with Gasteiger partial charge in [-0.15, -0.1) is 0 Å². The largest absolute Gasteiger partial charge is 0.359 e. The van der Waals surface area contributed by atoms with Crippen LogP contribution >= 0.6 is 0 Å². The highest BCUT2D eigenvalue weighted by molar-refractivity contribution is 6.15. The van der Waals surface area contributed by atoms with Crippen molar-refractivity contribution in [3.05, 3.63) is 54.7 Å². The quantitative estimate of drug-likeness (QED) is 0.477. The Hall–Kier alpha value is -2.35. The lowest BCUT2D eigenvalue weighted by atomic mass is 10.1. The van der Waals surface area contributed by atoms with Gasteiger partial charge in [-0.2, -0.15) is 0 Å². The van der Waals surface area contributed by atoms with Crippen molar-refractivity contribution < 1.29 is 0 Å². The van der Waals surface area contributed by atoms with Gasteiger partial charge in [-0.05, 0) is 12.1 Å². The summed E-state index contributed by atoms with van der Waals surface area (Å²) in [5, 5.41) is 3.64. The van der Waals surface area contributed by atoms with Crippen LogP contribution in [0.15, 0.2) is 54.7 Å². The summed E-state index contributed by atoms with van der Waals surface area (Å²) in [7, 11) is 0. The summed E-state index contributed by atoms with van der Waals surface area (Å²) in [6.07, 6.45) is 1.95. The number of hydrogen-bond donors (Lipinski definition) is 1. The van der Waals surface area contributed by atoms with Gasteiger partial charge in [0.1, 0.15) is 0 Å². The third kappa shape index (κ3) is 1.12. The van der Waals surface area contributed by atoms with Gasteiger partial charge in [-0.3, -0.25) is 0 Å². The fourth-order valence-corrected chi connectivity index (χ4v) is 2.43. The first-order valence-corrected chi connectivity index (χ1v) is 5.68. The van der Waals surface area contributed by atoms with Crippen molar-refractivity contribution in [1.29, 1.82) is 0 Å². The van der Waals surface area contributed by atoms with E-state index in [0.717, 1.165) is 16.6 Å². The Morgan fingerprint density at radius 3 is 2.76 bits per heavy atom. The molecule has 0 spiro atoms. The van der Waals surface area contributed by atoms with Crippen molar-refractivity contribution in [3.63, 3.8) is 0 Å². The Bertz CT molecular complexity index is 843. The molecule has 2 aromatic carbocycles. The predicted molar refractivity (Wildman–Crippen MR) is 71.1 cm³/mol. The van der Waals surface area contributed by atoms with Gasteiger partial charge in [-0.25, -0.2) is 4.98 Å². The van der Waals surface area contributed by atoms with Gasteiger partial charge in [0.05, 0.1) is 16.6 Å². The van der Waals surface area contributed by atoms with Crippen LogP contribution in [0.2, 0.25) is 0 Å². The molecule has 2 nitrogen and oxygen atoms in total. The number of pyridine rings is 1. The number of hydrogen-bond acceptors (Lipinski definition) is 1. The standard InChI is InChI=1S/C15H10N2/c1-2-6-13-11(5-1)12-8-7-10-4-3-9-16-14(10)15(12)17-13/h1-9,16H. The molecule has 1 N–H and O–H groups in total. The van der Waals surface area contributed by atoms with Gasteiger partial charge in [0, 0.05) is 22.4 Å². The second-order valence-electron chi connectivity index (χ2n) is 4.23. The van der Waals surface area contributed by atoms with Crippen molar-refractivity contribution in [1.82, 2.24) is 9.97 Å². The Morgan fingerprint density at radius 2 is 1.76 bits per heavy atom. The maximum Gasteiger partial charge on any atom is 0.0957 e. The molecule has 0 bridgehead atoms. The third-order valence-corrected chi connectivity index (χ3v) is 3.24. The molecule has 0 saturated carbocycles. The highest BCUT2D eigenvalue weighted by atomic mass is 14.8. The van der Waals surface area contributed by atoms with E-state index in [9.17, 15) is 0 Å². The molecule has 17 heavy (non-hydrogen) atoms. The summed E-state index contributed by atoms with van der Waals surface area (Å²) in [5.41, 5.74) is 3.23. The third-order valence-electron chi connectivity index (χ3n) is 3.24. The summed E-state index contributed by atoms with van der Waals surface area (Å²) in [4.78, 5) is 8.00. The van der Waals surface area contributed by atoms with Gasteiger partial charge < -0.3 is 4.98 Å². The number of nitrogens with one attached hydrogen (secondary N) is 1. The van der Waals surface area contributed by atoms with Crippen molar-refractivity contribution >= 4 is 32.7 Å². The van der Waals surface area contributed by atoms with E-state index in [0.29, 0.717) is 0 Å². The van der Waals surface area contributed by atoms with Crippen LogP contribution in [0, 0.1) is 0 Å². The van der Waals surface area contributed by atoms with Crippen molar-refractivity contribution in [2.75, 3.05) is 0 Å². The zero-order valence-corrected chi connectivity index (χ0v) is 9.14. The second-order valence-corrected chi connectivity index (χ2v) is 4.23. The number of H-pyrrole nitrogens is 1. The number of aromatic nitrogens is 2. The zero-order chi connectivity index (χ0) is 11.2. The molecule has 0 radical (unpaired) electrons. The number of nitrogens with zero attached hydrogens (tertiary/aromatic N) is 1. The van der Waals surface area contributed by atoms with Gasteiger partial charge in [0.15, 0.2) is 0 Å². The van der Waals surface area contributed by atoms with E-state index < -0.39 is 0 Å². The predicted octanol–water partition coefficient (Wildman–Crippen LogP) is 3.87. The Balaban J connectivity index is 2.34. The summed E-state index contributed by atoms with van der Waals surface area (Å²) in [6, 6.07) is 16.7. The van der Waals surface area contributed by atoms with Gasteiger partial charge in [0.25, 0.3) is 0 Å². The molecule has 0 saturated heterocycles. The fourth-order valence-electron chi connectivity index (χ4n) is 2.43. The van der Waals surface area contributed by atoms with E-state index in [1.165, 1.54) is 16.2 Å². The summed E-state index contributed by atoms with van der Waals surface area (Å²) < 4.78 is 0. The number of rotatable bonds is 0. The molecule has 0 aliphatic carbocycles. The average molecular weight is 218 g/mol. The van der Waals surface area contributed by atoms with Crippen LogP contribution < -0.4 is 0 Å². The highest BCUT2D eigenvalue weighted by Crippen LogP contribution is 2.29. The molecular formula is C15H10N2. The van der Waals surface area contributed by atoms with E-state index in [4.69, 9.17) is 4.98 Å². The first-order chi connectivity index (χ1) is 8.43. The zero-order valence-electron chi connectivity index (χ0n) is 9.14. The van der Waals surface area contributed by atoms with Gasteiger partial charge in [-0.1, -0.05) is 36.4 Å². The lowest BCUT2D eigenvalue weighted by Crippen LogP contribution is -1.78. The van der Waals surface area contributed by atoms with Crippen LogP contribution in [0.3, 0.4) is 0 Å². The van der Waals surface area contributed by atoms with Crippen molar-refractivity contribution in [3.8, 4) is 0 Å². The molecule has 2 aromatic heterocycles. The normalized spacial score (nSPS) is 11.5. The molecule has 2 heterocycles. The number of aromatic amines is 1. The molecule has 0 aliphatic rings. The molecule has 4 aromatic rings. The Labute approximate surface area is 97.9 Å². The van der Waals surface area contributed by atoms with Crippen LogP contribution in [0.1, 0.15) is 0 Å². The highest BCUT2D eigenvalue weighted by Gasteiger charge is 2.07. The van der Waals surface area contributed by atoms with Crippen molar-refractivity contribution in [2.45, 2.75) is 0 Å². The molecule has 4 rings (SSSR count). The van der Waals surface area contributed by atoms with E-state index in [1.807, 2.05) is 18.3 Å². The molecule has 2 heteroatoms. The lowest BCUT2D eigenvalue weighted by Gasteiger charge is -1.98. The van der Waals surface area contributed by atoms with E-state index in [1.54, 1.807) is 0 Å². The van der Waals surface area contributed by atoms with Gasteiger partial charge >= 0.3 is 0 Å². The number of para-hydroxylation sites is 1. The monoisotopic (exact) mass is 218 g/mol. The number of benzene rings is 2. The van der Waals surface area contributed by atoms with Crippen LogP contribution in [-0.2, 0) is 0 Å². The molecule has 80 valence electrons. The second kappa shape index (κ2) is 3.08. The SMILES string of the molecule is c1c[nH]c2c(c1)ccc1c3ccccc3nc12. The first kappa shape index (κ1) is 8.76. The molecule has 0 atom stereocenters. The molecule has 0 unspecified atom stereocenters. The summed E-state index contributed by atoms with van der Waals surface area (Å²) in [5.74, 6) is 0. The van der Waals surface area contributed by atoms with Crippen LogP contribution in [0.5, 0.6) is 0 Å². The maximum atomic E-state index is 4.71. The minimum atomic E-state index is 1.06. The smallest absolute Gasteiger partial charge is 0.0957 e. The molecule has 0 fully saturated rings. The lowest BCUT2D eigenvalue weighted by molar-refractivity contribution is 1.41. The summed E-state index contributed by atoms with van der Waals surface area (Å²) in [6.45, 7) is 0. The van der Waals surface area contributed by atoms with Crippen molar-refractivity contribution in [2.24, 2.45) is 0 Å². The topological polar surface area (TPSA) is 28.7 Å². The summed E-state index contributed by atoms with van der Waals surface area (Å²) >= 11 is 0. The maximum absolute atomic E-state index is 4.71. The minimum absolute atomic E-state index is 1.06. The first-order valence-electron chi connectivity index (χ1n) is 5.68. The molecule has 0 amide bonds. The van der Waals surface area contributed by atoms with Crippen LogP contribution in [-0.4, -0.2) is 9.97 Å². The molecular weight excluding hydrogens is 208 g/mol. The van der Waals surface area contributed by atoms with Crippen LogP contribution in [0.25, 0.3) is 32.7 Å². The van der Waals surface area contributed by atoms with Gasteiger partial charge in [0.2, 0.25) is 0 Å². The Morgan fingerprint density at radius 1 is 0.824 bits per heavy atom. The Kier molecular flexibility index (Phi) is 1.59. The number of fused-ring (bicyclic) bond motifs is 5. The van der Waals surface area contributed by atoms with E-state index in [2.05, 4.69) is 41.4 Å². The minimum Gasteiger partial charge on any atom is -0.359 e. The van der Waals surface area contributed by atoms with Crippen LogP contribution in [0.4, 0.5) is 0 Å². The fraction of sp³-hybridized carbons (Fsp3) is 0.